The highest BCUT2D eigenvalue weighted by Crippen LogP contribution is 2.28. The molecule has 0 heterocycles. The van der Waals surface area contributed by atoms with E-state index < -0.39 is 42.0 Å². The zero-order chi connectivity index (χ0) is 31.3. The molecule has 232 valence electrons. The molecule has 0 aromatic heterocycles. The van der Waals surface area contributed by atoms with E-state index in [0.29, 0.717) is 13.1 Å². The topological polar surface area (TPSA) is 173 Å². The monoisotopic (exact) mass is 592 g/mol. The summed E-state index contributed by atoms with van der Waals surface area (Å²) in [6.45, 7) is 13.0. The number of carbonyl (C=O) groups excluding carboxylic acids is 6. The number of carbonyl (C=O) groups is 6. The lowest BCUT2D eigenvalue weighted by Crippen LogP contribution is -2.39. The highest BCUT2D eigenvalue weighted by Gasteiger charge is 2.25. The van der Waals surface area contributed by atoms with Crippen LogP contribution in [0.1, 0.15) is 32.1 Å². The van der Waals surface area contributed by atoms with Gasteiger partial charge in [-0.25, -0.2) is 24.0 Å². The average Bonchev–Trinajstić information content (AvgIpc) is 3.00. The van der Waals surface area contributed by atoms with Crippen molar-refractivity contribution in [3.05, 3.63) is 50.6 Å². The number of hydrogen-bond acceptors (Lipinski definition) is 11. The van der Waals surface area contributed by atoms with E-state index in [2.05, 4.69) is 36.9 Å². The van der Waals surface area contributed by atoms with Crippen LogP contribution < -0.4 is 10.6 Å². The van der Waals surface area contributed by atoms with Crippen molar-refractivity contribution in [1.82, 2.24) is 10.6 Å². The number of ether oxygens (including phenoxy) is 5. The van der Waals surface area contributed by atoms with E-state index >= 15 is 0 Å². The Balaban J connectivity index is 2.52. The fourth-order valence-corrected chi connectivity index (χ4v) is 4.05. The number of amides is 2. The second kappa shape index (κ2) is 20.5. The lowest BCUT2D eigenvalue weighted by Gasteiger charge is -2.29. The van der Waals surface area contributed by atoms with Gasteiger partial charge in [0.05, 0.1) is 13.2 Å². The van der Waals surface area contributed by atoms with Gasteiger partial charge in [0.15, 0.2) is 6.10 Å². The summed E-state index contributed by atoms with van der Waals surface area (Å²) in [5, 5.41) is 5.57. The number of esters is 4. The summed E-state index contributed by atoms with van der Waals surface area (Å²) in [5.41, 5.74) is 0. The Hall–Kier alpha value is -4.42. The summed E-state index contributed by atoms with van der Waals surface area (Å²) >= 11 is 0. The molecule has 0 bridgehead atoms. The quantitative estimate of drug-likeness (QED) is 0.127. The van der Waals surface area contributed by atoms with Crippen molar-refractivity contribution in [2.75, 3.05) is 39.5 Å². The summed E-state index contributed by atoms with van der Waals surface area (Å²) in [6, 6.07) is 0. The number of rotatable bonds is 19. The molecular formula is C29H40N2O11. The first-order valence-corrected chi connectivity index (χ1v) is 13.5. The maximum absolute atomic E-state index is 12.6. The number of hydrogen-bond donors (Lipinski definition) is 2. The van der Waals surface area contributed by atoms with E-state index in [-0.39, 0.29) is 50.6 Å². The summed E-state index contributed by atoms with van der Waals surface area (Å²) in [4.78, 5) is 70.4. The smallest absolute Gasteiger partial charge is 0.407 e. The molecule has 2 unspecified atom stereocenters. The van der Waals surface area contributed by atoms with Crippen LogP contribution in [0.5, 0.6) is 0 Å². The Morgan fingerprint density at radius 3 is 1.55 bits per heavy atom. The first-order valence-electron chi connectivity index (χ1n) is 13.5. The zero-order valence-corrected chi connectivity index (χ0v) is 23.7. The van der Waals surface area contributed by atoms with E-state index in [9.17, 15) is 28.8 Å². The van der Waals surface area contributed by atoms with Crippen molar-refractivity contribution in [3.63, 3.8) is 0 Å². The Morgan fingerprint density at radius 2 is 1.10 bits per heavy atom. The Morgan fingerprint density at radius 1 is 0.667 bits per heavy atom. The summed E-state index contributed by atoms with van der Waals surface area (Å²) in [5.74, 6) is -3.26. The molecular weight excluding hydrogens is 552 g/mol. The molecule has 1 aliphatic rings. The average molecular weight is 593 g/mol. The van der Waals surface area contributed by atoms with Crippen LogP contribution in [-0.2, 0) is 47.7 Å². The van der Waals surface area contributed by atoms with Crippen LogP contribution in [0.15, 0.2) is 50.6 Å². The second-order valence-corrected chi connectivity index (χ2v) is 9.52. The maximum atomic E-state index is 12.6. The van der Waals surface area contributed by atoms with Crippen molar-refractivity contribution in [3.8, 4) is 0 Å². The normalized spacial score (nSPS) is 15.9. The third-order valence-electron chi connectivity index (χ3n) is 6.17. The van der Waals surface area contributed by atoms with E-state index in [0.717, 1.165) is 50.0 Å². The van der Waals surface area contributed by atoms with E-state index in [1.165, 1.54) is 0 Å². The van der Waals surface area contributed by atoms with Gasteiger partial charge in [0.1, 0.15) is 13.2 Å². The first kappa shape index (κ1) is 35.6. The van der Waals surface area contributed by atoms with Crippen molar-refractivity contribution in [1.29, 1.82) is 0 Å². The fraction of sp³-hybridized carbons (Fsp3) is 0.517. The zero-order valence-electron chi connectivity index (χ0n) is 23.7. The SMILES string of the molecule is C=CC(=O)OCC(COC(=O)C=C)CC(=O)NCC1CCCC(CNC(=O)OC(COC(=O)C=C)COC(=O)C=C)C1. The molecule has 1 saturated carbocycles. The van der Waals surface area contributed by atoms with Crippen LogP contribution in [0.2, 0.25) is 0 Å². The standard InChI is InChI=1S/C29H40N2O11/c1-5-25(33)38-16-22(17-39-26(34)6-2)13-24(32)30-14-20-10-9-11-21(12-20)15-31-29(37)42-23(18-40-27(35)7-3)19-41-28(36)8-4/h5-8,20-23H,1-4,9-19H2,(H,30,32)(H,31,37). The van der Waals surface area contributed by atoms with Gasteiger partial charge >= 0.3 is 30.0 Å². The molecule has 13 heteroatoms. The fourth-order valence-electron chi connectivity index (χ4n) is 4.05. The third-order valence-corrected chi connectivity index (χ3v) is 6.17. The molecule has 0 aromatic carbocycles. The van der Waals surface area contributed by atoms with Crippen LogP contribution in [0, 0.1) is 17.8 Å². The molecule has 0 aliphatic heterocycles. The Bertz CT molecular complexity index is 870. The van der Waals surface area contributed by atoms with Gasteiger partial charge in [-0.15, -0.1) is 0 Å². The minimum absolute atomic E-state index is 0.0240. The van der Waals surface area contributed by atoms with E-state index in [1.807, 2.05) is 0 Å². The Kier molecular flexibility index (Phi) is 17.3. The predicted octanol–water partition coefficient (Wildman–Crippen LogP) is 1.93. The van der Waals surface area contributed by atoms with Crippen molar-refractivity contribution < 1.29 is 52.5 Å². The maximum Gasteiger partial charge on any atom is 0.407 e. The predicted molar refractivity (Wildman–Crippen MR) is 149 cm³/mol. The summed E-state index contributed by atoms with van der Waals surface area (Å²) in [6.07, 6.45) is 5.50. The number of nitrogens with one attached hydrogen (secondary N) is 2. The van der Waals surface area contributed by atoms with E-state index in [1.54, 1.807) is 0 Å². The van der Waals surface area contributed by atoms with Crippen molar-refractivity contribution in [2.24, 2.45) is 17.8 Å². The molecule has 1 rings (SSSR count). The molecule has 0 radical (unpaired) electrons. The van der Waals surface area contributed by atoms with Crippen LogP contribution in [0.3, 0.4) is 0 Å². The van der Waals surface area contributed by atoms with Crippen LogP contribution in [-0.4, -0.2) is 81.5 Å². The van der Waals surface area contributed by atoms with Gasteiger partial charge in [-0.3, -0.25) is 4.79 Å². The highest BCUT2D eigenvalue weighted by molar-refractivity contribution is 5.82. The largest absolute Gasteiger partial charge is 0.462 e. The first-order chi connectivity index (χ1) is 20.1. The minimum atomic E-state index is -1.03. The molecule has 42 heavy (non-hydrogen) atoms. The molecule has 1 fully saturated rings. The van der Waals surface area contributed by atoms with Crippen LogP contribution >= 0.6 is 0 Å². The highest BCUT2D eigenvalue weighted by atomic mass is 16.6. The van der Waals surface area contributed by atoms with Crippen LogP contribution in [0.25, 0.3) is 0 Å². The minimum Gasteiger partial charge on any atom is -0.462 e. The van der Waals surface area contributed by atoms with Gasteiger partial charge in [-0.05, 0) is 31.1 Å². The molecule has 2 atom stereocenters. The lowest BCUT2D eigenvalue weighted by molar-refractivity contribution is -0.147. The number of alkyl carbamates (subject to hydrolysis) is 1. The molecule has 13 nitrogen and oxygen atoms in total. The molecule has 2 amide bonds. The molecule has 2 N–H and O–H groups in total. The van der Waals surface area contributed by atoms with Gasteiger partial charge in [-0.2, -0.15) is 0 Å². The Labute approximate surface area is 245 Å². The van der Waals surface area contributed by atoms with Gasteiger partial charge < -0.3 is 34.3 Å². The summed E-state index contributed by atoms with van der Waals surface area (Å²) < 4.78 is 25.1. The van der Waals surface area contributed by atoms with Crippen LogP contribution in [0.4, 0.5) is 4.79 Å². The van der Waals surface area contributed by atoms with Crippen molar-refractivity contribution in [2.45, 2.75) is 38.2 Å². The second-order valence-electron chi connectivity index (χ2n) is 9.52. The molecule has 0 spiro atoms. The van der Waals surface area contributed by atoms with Gasteiger partial charge in [0.25, 0.3) is 0 Å². The molecule has 0 aromatic rings. The van der Waals surface area contributed by atoms with Crippen molar-refractivity contribution >= 4 is 35.9 Å². The summed E-state index contributed by atoms with van der Waals surface area (Å²) in [7, 11) is 0. The lowest BCUT2D eigenvalue weighted by atomic mass is 9.81. The van der Waals surface area contributed by atoms with Gasteiger partial charge in [0, 0.05) is 49.7 Å². The molecule has 1 aliphatic carbocycles. The van der Waals surface area contributed by atoms with E-state index in [4.69, 9.17) is 23.7 Å². The molecule has 0 saturated heterocycles. The van der Waals surface area contributed by atoms with Gasteiger partial charge in [-0.1, -0.05) is 32.7 Å². The van der Waals surface area contributed by atoms with Gasteiger partial charge in [0.2, 0.25) is 5.91 Å². The third kappa shape index (κ3) is 16.0.